The van der Waals surface area contributed by atoms with Crippen LogP contribution in [-0.2, 0) is 16.1 Å². The fraction of sp³-hybridized carbons (Fsp3) is 0.192. The molecule has 0 spiro atoms. The van der Waals surface area contributed by atoms with Crippen LogP contribution in [-0.4, -0.2) is 11.0 Å². The second kappa shape index (κ2) is 10.4. The van der Waals surface area contributed by atoms with Crippen LogP contribution in [0.2, 0.25) is 0 Å². The number of ether oxygens (including phenoxy) is 2. The van der Waals surface area contributed by atoms with E-state index in [1.165, 1.54) is 18.2 Å². The zero-order valence-electron chi connectivity index (χ0n) is 17.9. The summed E-state index contributed by atoms with van der Waals surface area (Å²) < 4.78 is 24.3. The van der Waals surface area contributed by atoms with Crippen molar-refractivity contribution in [1.82, 2.24) is 4.98 Å². The Bertz CT molecular complexity index is 1120. The van der Waals surface area contributed by atoms with Gasteiger partial charge in [0.2, 0.25) is 5.88 Å². The number of halogens is 1. The van der Waals surface area contributed by atoms with Crippen molar-refractivity contribution in [3.63, 3.8) is 0 Å². The Kier molecular flexibility index (Phi) is 7.35. The number of para-hydroxylation sites is 1. The van der Waals surface area contributed by atoms with Gasteiger partial charge in [0.05, 0.1) is 11.8 Å². The summed E-state index contributed by atoms with van der Waals surface area (Å²) in [5.41, 5.74) is -0.330. The second-order valence-corrected chi connectivity index (χ2v) is 7.48. The first-order valence-electron chi connectivity index (χ1n) is 10.1. The van der Waals surface area contributed by atoms with Gasteiger partial charge >= 0.3 is 5.97 Å². The lowest BCUT2D eigenvalue weighted by atomic mass is 9.78. The fourth-order valence-corrected chi connectivity index (χ4v) is 2.97. The summed E-state index contributed by atoms with van der Waals surface area (Å²) in [6, 6.07) is 22.3. The summed E-state index contributed by atoms with van der Waals surface area (Å²) in [6.07, 6.45) is 3.13. The number of rotatable bonds is 8. The first-order valence-corrected chi connectivity index (χ1v) is 10.1. The van der Waals surface area contributed by atoms with Crippen LogP contribution in [0.25, 0.3) is 6.08 Å². The van der Waals surface area contributed by atoms with Crippen LogP contribution in [0, 0.1) is 28.5 Å². The lowest BCUT2D eigenvalue weighted by molar-refractivity contribution is -0.153. The summed E-state index contributed by atoms with van der Waals surface area (Å²) in [5.74, 6) is -0.371. The van der Waals surface area contributed by atoms with Crippen molar-refractivity contribution in [3.05, 3.63) is 95.9 Å². The van der Waals surface area contributed by atoms with Crippen LogP contribution in [0.1, 0.15) is 25.1 Å². The van der Waals surface area contributed by atoms with E-state index < -0.39 is 11.4 Å². The molecule has 3 aromatic rings. The number of esters is 1. The zero-order valence-corrected chi connectivity index (χ0v) is 17.9. The SMILES string of the molecule is CC(C)C(C#N)(/C=C/c1ccc(F)cc1)C(=O)OCc1cccc(Oc2ccccc2)n1. The van der Waals surface area contributed by atoms with E-state index in [0.29, 0.717) is 22.9 Å². The minimum atomic E-state index is -1.49. The van der Waals surface area contributed by atoms with E-state index in [-0.39, 0.29) is 18.3 Å². The highest BCUT2D eigenvalue weighted by atomic mass is 19.1. The predicted octanol–water partition coefficient (Wildman–Crippen LogP) is 5.94. The molecule has 0 radical (unpaired) electrons. The number of hydrogen-bond acceptors (Lipinski definition) is 5. The van der Waals surface area contributed by atoms with Gasteiger partial charge in [0, 0.05) is 6.07 Å². The van der Waals surface area contributed by atoms with Gasteiger partial charge in [0.1, 0.15) is 18.2 Å². The van der Waals surface area contributed by atoms with Crippen LogP contribution in [0.5, 0.6) is 11.6 Å². The van der Waals surface area contributed by atoms with E-state index >= 15 is 0 Å². The number of aromatic nitrogens is 1. The third kappa shape index (κ3) is 5.58. The molecule has 0 aliphatic carbocycles. The highest BCUT2D eigenvalue weighted by molar-refractivity contribution is 5.84. The Morgan fingerprint density at radius 1 is 1.09 bits per heavy atom. The molecule has 162 valence electrons. The molecule has 0 bridgehead atoms. The molecular weight excluding hydrogens is 407 g/mol. The number of hydrogen-bond donors (Lipinski definition) is 0. The van der Waals surface area contributed by atoms with Crippen molar-refractivity contribution in [3.8, 4) is 17.7 Å². The Morgan fingerprint density at radius 2 is 1.81 bits per heavy atom. The minimum absolute atomic E-state index is 0.106. The monoisotopic (exact) mass is 430 g/mol. The molecule has 2 aromatic carbocycles. The van der Waals surface area contributed by atoms with Crippen LogP contribution in [0.15, 0.2) is 78.9 Å². The van der Waals surface area contributed by atoms with Gasteiger partial charge in [-0.25, -0.2) is 14.2 Å². The molecule has 0 fully saturated rings. The first kappa shape index (κ1) is 22.7. The first-order chi connectivity index (χ1) is 15.4. The smallest absolute Gasteiger partial charge is 0.331 e. The Labute approximate surface area is 186 Å². The predicted molar refractivity (Wildman–Crippen MR) is 119 cm³/mol. The lowest BCUT2D eigenvalue weighted by Crippen LogP contribution is -2.34. The highest BCUT2D eigenvalue weighted by Crippen LogP contribution is 2.32. The Morgan fingerprint density at radius 3 is 2.47 bits per heavy atom. The van der Waals surface area contributed by atoms with E-state index in [9.17, 15) is 14.4 Å². The van der Waals surface area contributed by atoms with E-state index in [0.717, 1.165) is 0 Å². The fourth-order valence-electron chi connectivity index (χ4n) is 2.97. The molecular formula is C26H23FN2O3. The van der Waals surface area contributed by atoms with Crippen molar-refractivity contribution >= 4 is 12.0 Å². The van der Waals surface area contributed by atoms with Crippen LogP contribution in [0.4, 0.5) is 4.39 Å². The van der Waals surface area contributed by atoms with Crippen LogP contribution >= 0.6 is 0 Å². The molecule has 1 aromatic heterocycles. The summed E-state index contributed by atoms with van der Waals surface area (Å²) in [5, 5.41) is 9.85. The number of nitrogens with zero attached hydrogens (tertiary/aromatic N) is 2. The molecule has 0 saturated carbocycles. The molecule has 0 aliphatic rings. The van der Waals surface area contributed by atoms with Crippen LogP contribution < -0.4 is 4.74 Å². The Balaban J connectivity index is 1.72. The summed E-state index contributed by atoms with van der Waals surface area (Å²) >= 11 is 0. The molecule has 6 heteroatoms. The molecule has 1 unspecified atom stereocenters. The van der Waals surface area contributed by atoms with Gasteiger partial charge in [0.25, 0.3) is 0 Å². The molecule has 5 nitrogen and oxygen atoms in total. The standard InChI is InChI=1S/C26H23FN2O3/c1-19(2)26(18-28,16-15-20-11-13-21(27)14-12-20)25(30)31-17-22-7-6-10-24(29-22)32-23-8-4-3-5-9-23/h3-16,19H,17H2,1-2H3/b16-15+. The molecule has 1 heterocycles. The largest absolute Gasteiger partial charge is 0.458 e. The highest BCUT2D eigenvalue weighted by Gasteiger charge is 2.41. The lowest BCUT2D eigenvalue weighted by Gasteiger charge is -2.25. The van der Waals surface area contributed by atoms with Gasteiger partial charge < -0.3 is 9.47 Å². The average molecular weight is 430 g/mol. The van der Waals surface area contributed by atoms with Crippen molar-refractivity contribution in [2.75, 3.05) is 0 Å². The van der Waals surface area contributed by atoms with Crippen LogP contribution in [0.3, 0.4) is 0 Å². The second-order valence-electron chi connectivity index (χ2n) is 7.48. The molecule has 0 N–H and O–H groups in total. The van der Waals surface area contributed by atoms with Crippen molar-refractivity contribution in [1.29, 1.82) is 5.26 Å². The average Bonchev–Trinajstić information content (AvgIpc) is 2.80. The maximum Gasteiger partial charge on any atom is 0.331 e. The molecule has 1 atom stereocenters. The Hall–Kier alpha value is -3.98. The van der Waals surface area contributed by atoms with Gasteiger partial charge in [-0.2, -0.15) is 5.26 Å². The molecule has 0 amide bonds. The minimum Gasteiger partial charge on any atom is -0.458 e. The van der Waals surface area contributed by atoms with Crippen molar-refractivity contribution in [2.45, 2.75) is 20.5 Å². The van der Waals surface area contributed by atoms with E-state index in [2.05, 4.69) is 11.1 Å². The van der Waals surface area contributed by atoms with Gasteiger partial charge in [0.15, 0.2) is 5.41 Å². The molecule has 0 saturated heterocycles. The van der Waals surface area contributed by atoms with Gasteiger partial charge in [-0.1, -0.05) is 62.4 Å². The molecule has 0 aliphatic heterocycles. The number of nitriles is 1. The normalized spacial score (nSPS) is 12.8. The third-order valence-corrected chi connectivity index (χ3v) is 4.94. The quantitative estimate of drug-likeness (QED) is 0.414. The zero-order chi connectivity index (χ0) is 23.0. The van der Waals surface area contributed by atoms with Gasteiger partial charge in [-0.05, 0) is 41.8 Å². The van der Waals surface area contributed by atoms with Gasteiger partial charge in [-0.15, -0.1) is 0 Å². The maximum absolute atomic E-state index is 13.1. The number of carbonyl (C=O) groups is 1. The summed E-state index contributed by atoms with van der Waals surface area (Å²) in [4.78, 5) is 17.3. The van der Waals surface area contributed by atoms with E-state index in [1.54, 1.807) is 50.3 Å². The maximum atomic E-state index is 13.1. The third-order valence-electron chi connectivity index (χ3n) is 4.94. The molecule has 3 rings (SSSR count). The number of benzene rings is 2. The summed E-state index contributed by atoms with van der Waals surface area (Å²) in [7, 11) is 0. The number of pyridine rings is 1. The molecule has 32 heavy (non-hydrogen) atoms. The van der Waals surface area contributed by atoms with Gasteiger partial charge in [-0.3, -0.25) is 0 Å². The van der Waals surface area contributed by atoms with E-state index in [1.807, 2.05) is 30.3 Å². The van der Waals surface area contributed by atoms with Crippen molar-refractivity contribution in [2.24, 2.45) is 11.3 Å². The van der Waals surface area contributed by atoms with Crippen molar-refractivity contribution < 1.29 is 18.7 Å². The number of carbonyl (C=O) groups excluding carboxylic acids is 1. The van der Waals surface area contributed by atoms with E-state index in [4.69, 9.17) is 9.47 Å². The summed E-state index contributed by atoms with van der Waals surface area (Å²) in [6.45, 7) is 3.43. The topological polar surface area (TPSA) is 72.2 Å².